The van der Waals surface area contributed by atoms with Crippen molar-refractivity contribution in [1.29, 1.82) is 0 Å². The van der Waals surface area contributed by atoms with Gasteiger partial charge in [0.2, 0.25) is 0 Å². The molecule has 1 heteroatoms. The van der Waals surface area contributed by atoms with Crippen molar-refractivity contribution in [2.75, 3.05) is 0 Å². The van der Waals surface area contributed by atoms with Crippen LogP contribution < -0.4 is 0 Å². The van der Waals surface area contributed by atoms with Gasteiger partial charge < -0.3 is 0 Å². The highest BCUT2D eigenvalue weighted by Crippen LogP contribution is 2.33. The largest absolute Gasteiger partial charge is 0.0805 e. The van der Waals surface area contributed by atoms with Gasteiger partial charge in [-0.2, -0.15) is 0 Å². The standard InChI is InChI=1S/C14H15Br/c1-2-11-6-3-4-9-14(11)12-7-5-8-13(15)10-12/h3-11,14H,2H2,1H3. The molecular formula is C14H15Br. The van der Waals surface area contributed by atoms with Crippen LogP contribution in [-0.2, 0) is 0 Å². The third-order valence-corrected chi connectivity index (χ3v) is 3.45. The molecule has 78 valence electrons. The van der Waals surface area contributed by atoms with Crippen LogP contribution in [0, 0.1) is 5.92 Å². The van der Waals surface area contributed by atoms with E-state index in [0.29, 0.717) is 11.8 Å². The molecule has 0 saturated heterocycles. The summed E-state index contributed by atoms with van der Waals surface area (Å²) < 4.78 is 1.16. The summed E-state index contributed by atoms with van der Waals surface area (Å²) in [6.07, 6.45) is 10.1. The van der Waals surface area contributed by atoms with Crippen LogP contribution in [0.5, 0.6) is 0 Å². The highest BCUT2D eigenvalue weighted by Gasteiger charge is 2.18. The Kier molecular flexibility index (Phi) is 3.42. The number of allylic oxidation sites excluding steroid dienone is 4. The second-order valence-corrected chi connectivity index (χ2v) is 4.84. The first-order valence-corrected chi connectivity index (χ1v) is 6.21. The Morgan fingerprint density at radius 3 is 2.73 bits per heavy atom. The smallest absolute Gasteiger partial charge is 0.0178 e. The van der Waals surface area contributed by atoms with Crippen LogP contribution in [0.15, 0.2) is 53.0 Å². The second-order valence-electron chi connectivity index (χ2n) is 3.92. The SMILES string of the molecule is CCC1C=CC=CC1c1cccc(Br)c1. The summed E-state index contributed by atoms with van der Waals surface area (Å²) in [5.41, 5.74) is 1.40. The van der Waals surface area contributed by atoms with E-state index in [0.717, 1.165) is 4.47 Å². The van der Waals surface area contributed by atoms with Gasteiger partial charge in [0.15, 0.2) is 0 Å². The predicted molar refractivity (Wildman–Crippen MR) is 68.9 cm³/mol. The van der Waals surface area contributed by atoms with Crippen molar-refractivity contribution in [3.8, 4) is 0 Å². The van der Waals surface area contributed by atoms with Crippen molar-refractivity contribution < 1.29 is 0 Å². The third-order valence-electron chi connectivity index (χ3n) is 2.95. The van der Waals surface area contributed by atoms with Crippen LogP contribution >= 0.6 is 15.9 Å². The zero-order chi connectivity index (χ0) is 10.7. The van der Waals surface area contributed by atoms with Gasteiger partial charge in [0.25, 0.3) is 0 Å². The minimum Gasteiger partial charge on any atom is -0.0805 e. The van der Waals surface area contributed by atoms with Gasteiger partial charge in [-0.15, -0.1) is 0 Å². The Morgan fingerprint density at radius 1 is 1.20 bits per heavy atom. The molecule has 2 unspecified atom stereocenters. The summed E-state index contributed by atoms with van der Waals surface area (Å²) in [5.74, 6) is 1.18. The van der Waals surface area contributed by atoms with Crippen LogP contribution in [0.3, 0.4) is 0 Å². The number of rotatable bonds is 2. The molecule has 1 aromatic carbocycles. The molecule has 0 N–H and O–H groups in total. The molecule has 1 aromatic rings. The molecule has 0 aromatic heterocycles. The van der Waals surface area contributed by atoms with Gasteiger partial charge in [0.1, 0.15) is 0 Å². The molecule has 1 aliphatic rings. The van der Waals surface area contributed by atoms with E-state index in [9.17, 15) is 0 Å². The summed E-state index contributed by atoms with van der Waals surface area (Å²) >= 11 is 3.53. The summed E-state index contributed by atoms with van der Waals surface area (Å²) in [4.78, 5) is 0. The van der Waals surface area contributed by atoms with Crippen molar-refractivity contribution in [3.05, 3.63) is 58.6 Å². The number of hydrogen-bond acceptors (Lipinski definition) is 0. The van der Waals surface area contributed by atoms with Crippen molar-refractivity contribution in [2.45, 2.75) is 19.3 Å². The topological polar surface area (TPSA) is 0 Å². The highest BCUT2D eigenvalue weighted by atomic mass is 79.9. The molecule has 0 bridgehead atoms. The van der Waals surface area contributed by atoms with Gasteiger partial charge in [0.05, 0.1) is 0 Å². The first kappa shape index (κ1) is 10.7. The molecule has 2 rings (SSSR count). The summed E-state index contributed by atoms with van der Waals surface area (Å²) in [6.45, 7) is 2.25. The lowest BCUT2D eigenvalue weighted by Crippen LogP contribution is -2.09. The molecule has 0 saturated carbocycles. The van der Waals surface area contributed by atoms with Crippen molar-refractivity contribution in [2.24, 2.45) is 5.92 Å². The summed E-state index contributed by atoms with van der Waals surface area (Å²) in [6, 6.07) is 8.61. The van der Waals surface area contributed by atoms with Gasteiger partial charge >= 0.3 is 0 Å². The van der Waals surface area contributed by atoms with E-state index >= 15 is 0 Å². The van der Waals surface area contributed by atoms with E-state index in [-0.39, 0.29) is 0 Å². The third kappa shape index (κ3) is 2.40. The maximum absolute atomic E-state index is 3.53. The molecule has 0 fully saturated rings. The number of hydrogen-bond donors (Lipinski definition) is 0. The number of benzene rings is 1. The highest BCUT2D eigenvalue weighted by molar-refractivity contribution is 9.10. The summed E-state index contributed by atoms with van der Waals surface area (Å²) in [7, 11) is 0. The summed E-state index contributed by atoms with van der Waals surface area (Å²) in [5, 5.41) is 0. The van der Waals surface area contributed by atoms with Crippen molar-refractivity contribution in [1.82, 2.24) is 0 Å². The molecule has 0 radical (unpaired) electrons. The lowest BCUT2D eigenvalue weighted by atomic mass is 9.82. The Balaban J connectivity index is 2.29. The molecule has 15 heavy (non-hydrogen) atoms. The molecular weight excluding hydrogens is 248 g/mol. The van der Waals surface area contributed by atoms with Crippen molar-refractivity contribution >= 4 is 15.9 Å². The van der Waals surface area contributed by atoms with E-state index in [2.05, 4.69) is 71.4 Å². The van der Waals surface area contributed by atoms with Gasteiger partial charge in [-0.25, -0.2) is 0 Å². The lowest BCUT2D eigenvalue weighted by molar-refractivity contribution is 0.559. The normalized spacial score (nSPS) is 24.4. The minimum atomic E-state index is 0.539. The monoisotopic (exact) mass is 262 g/mol. The average molecular weight is 263 g/mol. The predicted octanol–water partition coefficient (Wildman–Crippen LogP) is 4.68. The maximum Gasteiger partial charge on any atom is 0.0178 e. The van der Waals surface area contributed by atoms with Gasteiger partial charge in [-0.3, -0.25) is 0 Å². The molecule has 0 aliphatic heterocycles. The van der Waals surface area contributed by atoms with E-state index in [4.69, 9.17) is 0 Å². The maximum atomic E-state index is 3.53. The van der Waals surface area contributed by atoms with Gasteiger partial charge in [-0.1, -0.05) is 59.3 Å². The fourth-order valence-electron chi connectivity index (χ4n) is 2.12. The fourth-order valence-corrected chi connectivity index (χ4v) is 2.53. The molecule has 0 amide bonds. The average Bonchev–Trinajstić information content (AvgIpc) is 2.29. The van der Waals surface area contributed by atoms with Crippen LogP contribution in [-0.4, -0.2) is 0 Å². The van der Waals surface area contributed by atoms with Crippen LogP contribution in [0.4, 0.5) is 0 Å². The first-order valence-electron chi connectivity index (χ1n) is 5.41. The van der Waals surface area contributed by atoms with E-state index < -0.39 is 0 Å². The fraction of sp³-hybridized carbons (Fsp3) is 0.286. The Labute approximate surface area is 99.8 Å². The van der Waals surface area contributed by atoms with E-state index in [1.165, 1.54) is 12.0 Å². The molecule has 1 aliphatic carbocycles. The van der Waals surface area contributed by atoms with Crippen LogP contribution in [0.25, 0.3) is 0 Å². The Bertz CT molecular complexity index is 390. The zero-order valence-electron chi connectivity index (χ0n) is 8.86. The second kappa shape index (κ2) is 4.80. The van der Waals surface area contributed by atoms with Crippen LogP contribution in [0.2, 0.25) is 0 Å². The first-order chi connectivity index (χ1) is 7.31. The van der Waals surface area contributed by atoms with Crippen molar-refractivity contribution in [3.63, 3.8) is 0 Å². The molecule has 0 heterocycles. The molecule has 0 nitrogen and oxygen atoms in total. The Hall–Kier alpha value is -0.820. The lowest BCUT2D eigenvalue weighted by Gasteiger charge is -2.23. The van der Waals surface area contributed by atoms with E-state index in [1.54, 1.807) is 0 Å². The quantitative estimate of drug-likeness (QED) is 0.726. The number of halogens is 1. The molecule has 0 spiro atoms. The van der Waals surface area contributed by atoms with Gasteiger partial charge in [0, 0.05) is 10.4 Å². The molecule has 2 atom stereocenters. The minimum absolute atomic E-state index is 0.539. The Morgan fingerprint density at radius 2 is 2.00 bits per heavy atom. The van der Waals surface area contributed by atoms with E-state index in [1.807, 2.05) is 0 Å². The van der Waals surface area contributed by atoms with Gasteiger partial charge in [-0.05, 0) is 30.0 Å². The van der Waals surface area contributed by atoms with Crippen LogP contribution in [0.1, 0.15) is 24.8 Å². The zero-order valence-corrected chi connectivity index (χ0v) is 10.4.